The van der Waals surface area contributed by atoms with Crippen molar-refractivity contribution in [2.75, 3.05) is 7.11 Å². The van der Waals surface area contributed by atoms with Gasteiger partial charge in [-0.3, -0.25) is 0 Å². The molecule has 0 radical (unpaired) electrons. The molecule has 0 aromatic heterocycles. The molecule has 1 nitrogen and oxygen atoms in total. The number of ether oxygens (including phenoxy) is 1. The van der Waals surface area contributed by atoms with Gasteiger partial charge in [0.25, 0.3) is 0 Å². The molecule has 1 unspecified atom stereocenters. The molecule has 1 atom stereocenters. The zero-order valence-corrected chi connectivity index (χ0v) is 12.3. The second-order valence-corrected chi connectivity index (χ2v) is 5.27. The lowest BCUT2D eigenvalue weighted by Crippen LogP contribution is -2.00. The molecule has 2 aromatic carbocycles. The van der Waals surface area contributed by atoms with Crippen molar-refractivity contribution in [1.29, 1.82) is 0 Å². The first-order valence-electron chi connectivity index (χ1n) is 5.45. The lowest BCUT2D eigenvalue weighted by molar-refractivity contribution is 0.410. The van der Waals surface area contributed by atoms with E-state index >= 15 is 0 Å². The Hall–Kier alpha value is -1.13. The maximum Gasteiger partial charge on any atom is 0.130 e. The average molecular weight is 348 g/mol. The van der Waals surface area contributed by atoms with E-state index in [0.29, 0.717) is 21.9 Å². The lowest BCUT2D eigenvalue weighted by atomic mass is 10.0. The van der Waals surface area contributed by atoms with Crippen molar-refractivity contribution < 1.29 is 13.5 Å². The Bertz CT molecular complexity index is 604. The Balaban J connectivity index is 2.49. The summed E-state index contributed by atoms with van der Waals surface area (Å²) >= 11 is 9.33. The molecule has 0 aliphatic carbocycles. The molecule has 0 aliphatic heterocycles. The van der Waals surface area contributed by atoms with E-state index in [0.717, 1.165) is 6.07 Å². The summed E-state index contributed by atoms with van der Waals surface area (Å²) in [5.74, 6) is -0.655. The summed E-state index contributed by atoms with van der Waals surface area (Å²) in [5, 5.41) is 0.516. The largest absolute Gasteiger partial charge is 0.496 e. The smallest absolute Gasteiger partial charge is 0.130 e. The highest BCUT2D eigenvalue weighted by atomic mass is 79.9. The van der Waals surface area contributed by atoms with Crippen LogP contribution in [-0.2, 0) is 0 Å². The van der Waals surface area contributed by atoms with Gasteiger partial charge < -0.3 is 4.74 Å². The zero-order chi connectivity index (χ0) is 14.0. The van der Waals surface area contributed by atoms with Gasteiger partial charge >= 0.3 is 0 Å². The molecule has 2 aromatic rings. The first kappa shape index (κ1) is 14.3. The van der Waals surface area contributed by atoms with Crippen molar-refractivity contribution in [3.63, 3.8) is 0 Å². The molecule has 0 spiro atoms. The van der Waals surface area contributed by atoms with Gasteiger partial charge in [0.15, 0.2) is 0 Å². The van der Waals surface area contributed by atoms with E-state index in [1.165, 1.54) is 19.2 Å². The molecule has 0 N–H and O–H groups in total. The van der Waals surface area contributed by atoms with Crippen molar-refractivity contribution in [2.24, 2.45) is 0 Å². The summed E-state index contributed by atoms with van der Waals surface area (Å²) in [6.07, 6.45) is 0. The number of hydrogen-bond donors (Lipinski definition) is 0. The molecule has 0 fully saturated rings. The predicted molar refractivity (Wildman–Crippen MR) is 75.1 cm³/mol. The van der Waals surface area contributed by atoms with Crippen LogP contribution in [0.4, 0.5) is 8.78 Å². The van der Waals surface area contributed by atoms with Gasteiger partial charge in [-0.25, -0.2) is 8.78 Å². The van der Waals surface area contributed by atoms with Gasteiger partial charge in [0.2, 0.25) is 0 Å². The highest BCUT2D eigenvalue weighted by molar-refractivity contribution is 9.09. The summed E-state index contributed by atoms with van der Waals surface area (Å²) in [6.45, 7) is 0. The third-order valence-electron chi connectivity index (χ3n) is 2.70. The van der Waals surface area contributed by atoms with Crippen molar-refractivity contribution in [3.8, 4) is 5.75 Å². The summed E-state index contributed by atoms with van der Waals surface area (Å²) in [4.78, 5) is -0.471. The van der Waals surface area contributed by atoms with Crippen LogP contribution in [0, 0.1) is 11.6 Å². The van der Waals surface area contributed by atoms with E-state index in [1.807, 2.05) is 0 Å². The number of hydrogen-bond acceptors (Lipinski definition) is 1. The predicted octanol–water partition coefficient (Wildman–Crippen LogP) is 5.11. The summed E-state index contributed by atoms with van der Waals surface area (Å²) in [7, 11) is 1.52. The van der Waals surface area contributed by atoms with Gasteiger partial charge in [0.1, 0.15) is 17.4 Å². The monoisotopic (exact) mass is 346 g/mol. The third-order valence-corrected chi connectivity index (χ3v) is 3.92. The molecule has 0 bridgehead atoms. The summed E-state index contributed by atoms with van der Waals surface area (Å²) < 4.78 is 31.9. The number of methoxy groups -OCH3 is 1. The van der Waals surface area contributed by atoms with E-state index in [1.54, 1.807) is 18.2 Å². The standard InChI is InChI=1S/C14H10BrClF2O/c1-19-13-5-2-8(16)6-11(13)14(15)10-4-3-9(17)7-12(10)18/h2-7,14H,1H3. The topological polar surface area (TPSA) is 9.23 Å². The maximum absolute atomic E-state index is 13.8. The van der Waals surface area contributed by atoms with E-state index in [4.69, 9.17) is 16.3 Å². The first-order chi connectivity index (χ1) is 9.02. The van der Waals surface area contributed by atoms with Gasteiger partial charge in [0.05, 0.1) is 11.9 Å². The van der Waals surface area contributed by atoms with Crippen LogP contribution >= 0.6 is 27.5 Å². The molecule has 19 heavy (non-hydrogen) atoms. The molecule has 0 saturated carbocycles. The Morgan fingerprint density at radius 1 is 1.11 bits per heavy atom. The fraction of sp³-hybridized carbons (Fsp3) is 0.143. The first-order valence-corrected chi connectivity index (χ1v) is 6.74. The van der Waals surface area contributed by atoms with Crippen LogP contribution in [0.5, 0.6) is 5.75 Å². The van der Waals surface area contributed by atoms with E-state index in [9.17, 15) is 8.78 Å². The molecule has 0 aliphatic rings. The molecule has 100 valence electrons. The van der Waals surface area contributed by atoms with Crippen LogP contribution in [-0.4, -0.2) is 7.11 Å². The fourth-order valence-electron chi connectivity index (χ4n) is 1.78. The Labute approximate surface area is 123 Å². The molecular formula is C14H10BrClF2O. The second-order valence-electron chi connectivity index (χ2n) is 3.91. The quantitative estimate of drug-likeness (QED) is 0.701. The zero-order valence-electron chi connectivity index (χ0n) is 9.96. The molecule has 0 amide bonds. The van der Waals surface area contributed by atoms with Crippen LogP contribution in [0.3, 0.4) is 0 Å². The molecule has 0 heterocycles. The second kappa shape index (κ2) is 5.88. The molecule has 0 saturated heterocycles. The van der Waals surface area contributed by atoms with Crippen LogP contribution in [0.15, 0.2) is 36.4 Å². The highest BCUT2D eigenvalue weighted by Gasteiger charge is 2.19. The van der Waals surface area contributed by atoms with Gasteiger partial charge in [-0.2, -0.15) is 0 Å². The SMILES string of the molecule is COc1ccc(Cl)cc1C(Br)c1ccc(F)cc1F. The summed E-state index contributed by atoms with van der Waals surface area (Å²) in [5.41, 5.74) is 1.00. The van der Waals surface area contributed by atoms with Gasteiger partial charge in [-0.15, -0.1) is 0 Å². The van der Waals surface area contributed by atoms with Crippen LogP contribution in [0.25, 0.3) is 0 Å². The van der Waals surface area contributed by atoms with Gasteiger partial charge in [0, 0.05) is 22.2 Å². The van der Waals surface area contributed by atoms with E-state index in [-0.39, 0.29) is 0 Å². The minimum absolute atomic E-state index is 0.321. The molecule has 5 heteroatoms. The van der Waals surface area contributed by atoms with Crippen LogP contribution in [0.2, 0.25) is 5.02 Å². The van der Waals surface area contributed by atoms with Crippen molar-refractivity contribution in [1.82, 2.24) is 0 Å². The van der Waals surface area contributed by atoms with Crippen molar-refractivity contribution in [2.45, 2.75) is 4.83 Å². The molecule has 2 rings (SSSR count). The van der Waals surface area contributed by atoms with Crippen molar-refractivity contribution in [3.05, 3.63) is 64.2 Å². The Kier molecular flexibility index (Phi) is 4.42. The Morgan fingerprint density at radius 3 is 2.47 bits per heavy atom. The van der Waals surface area contributed by atoms with Gasteiger partial charge in [-0.05, 0) is 24.3 Å². The molecular weight excluding hydrogens is 338 g/mol. The average Bonchev–Trinajstić information content (AvgIpc) is 2.38. The number of rotatable bonds is 3. The number of alkyl halides is 1. The number of halogens is 4. The highest BCUT2D eigenvalue weighted by Crippen LogP contribution is 2.39. The Morgan fingerprint density at radius 2 is 1.84 bits per heavy atom. The van der Waals surface area contributed by atoms with Crippen molar-refractivity contribution >= 4 is 27.5 Å². The van der Waals surface area contributed by atoms with Gasteiger partial charge in [-0.1, -0.05) is 33.6 Å². The minimum Gasteiger partial charge on any atom is -0.496 e. The fourth-order valence-corrected chi connectivity index (χ4v) is 2.69. The lowest BCUT2D eigenvalue weighted by Gasteiger charge is -2.15. The minimum atomic E-state index is -0.621. The van der Waals surface area contributed by atoms with E-state index < -0.39 is 16.5 Å². The maximum atomic E-state index is 13.8. The normalized spacial score (nSPS) is 12.3. The number of benzene rings is 2. The van der Waals surface area contributed by atoms with E-state index in [2.05, 4.69) is 15.9 Å². The van der Waals surface area contributed by atoms with Crippen LogP contribution in [0.1, 0.15) is 16.0 Å². The third kappa shape index (κ3) is 3.07. The van der Waals surface area contributed by atoms with Crippen LogP contribution < -0.4 is 4.74 Å². The summed E-state index contributed by atoms with van der Waals surface area (Å²) in [6, 6.07) is 8.52.